The summed E-state index contributed by atoms with van der Waals surface area (Å²) in [6.07, 6.45) is 7.43. The van der Waals surface area contributed by atoms with Crippen molar-refractivity contribution < 1.29 is 24.9 Å². The summed E-state index contributed by atoms with van der Waals surface area (Å²) in [5, 5.41) is 39.7. The molecule has 2 aliphatic heterocycles. The number of pyridine rings is 1. The number of ether oxygens (including phenoxy) is 1. The van der Waals surface area contributed by atoms with Crippen LogP contribution in [0.4, 0.5) is 17.2 Å². The first kappa shape index (κ1) is 25.4. The molecule has 2 fully saturated rings. The van der Waals surface area contributed by atoms with Gasteiger partial charge in [0.2, 0.25) is 0 Å². The van der Waals surface area contributed by atoms with E-state index in [4.69, 9.17) is 14.9 Å². The second-order valence-electron chi connectivity index (χ2n) is 10.7. The lowest BCUT2D eigenvalue weighted by Crippen LogP contribution is -2.58. The second-order valence-corrected chi connectivity index (χ2v) is 10.7. The summed E-state index contributed by atoms with van der Waals surface area (Å²) in [5.41, 5.74) is 4.12. The predicted octanol–water partition coefficient (Wildman–Crippen LogP) is 3.50. The van der Waals surface area contributed by atoms with Gasteiger partial charge >= 0.3 is 5.95 Å². The standard InChI is InChI=1S/C28H27N9O5/c1-17-10-18(2-3-21(17)42-19-4-7-36-22(11-19)29-15-31-36)33-25-23-20(5-8-37(23)32-16-30-25)35-13-28(14-35)6-9-34(12-28)26(39)24(38)27(40)41/h2-5,7-8,10-11,15-16,38,40-41H,6,9,12-14H2,1H3,(H,30,32,33). The van der Waals surface area contributed by atoms with Crippen LogP contribution in [0.1, 0.15) is 12.0 Å². The molecule has 14 nitrogen and oxygen atoms in total. The SMILES string of the molecule is Cc1cc(Nc2ncnn3ccc(N4CC5(CCN(C(=O)C(O)=C(O)O)C5)C4)c23)ccc1Oc1ccn2ncnc2c1. The molecule has 0 atom stereocenters. The molecule has 4 aromatic heterocycles. The number of fused-ring (bicyclic) bond motifs is 2. The zero-order valence-electron chi connectivity index (χ0n) is 22.5. The first-order chi connectivity index (χ1) is 20.3. The van der Waals surface area contributed by atoms with Gasteiger partial charge in [-0.15, -0.1) is 0 Å². The third-order valence-corrected chi connectivity index (χ3v) is 7.88. The van der Waals surface area contributed by atoms with Gasteiger partial charge in [0.1, 0.15) is 29.7 Å². The Bertz CT molecular complexity index is 1870. The molecule has 4 N–H and O–H groups in total. The monoisotopic (exact) mass is 569 g/mol. The Morgan fingerprint density at radius 2 is 1.76 bits per heavy atom. The molecular formula is C28H27N9O5. The predicted molar refractivity (Wildman–Crippen MR) is 151 cm³/mol. The molecule has 1 amide bonds. The molecule has 0 unspecified atom stereocenters. The number of anilines is 3. The number of amides is 1. The molecule has 14 heteroatoms. The highest BCUT2D eigenvalue weighted by Gasteiger charge is 2.50. The molecule has 0 aliphatic carbocycles. The van der Waals surface area contributed by atoms with E-state index in [0.29, 0.717) is 49.1 Å². The van der Waals surface area contributed by atoms with Crippen molar-refractivity contribution >= 4 is 34.3 Å². The fraction of sp³-hybridized carbons (Fsp3) is 0.250. The third-order valence-electron chi connectivity index (χ3n) is 7.88. The summed E-state index contributed by atoms with van der Waals surface area (Å²) in [7, 11) is 0. The van der Waals surface area contributed by atoms with Crippen LogP contribution in [-0.2, 0) is 4.79 Å². The number of hydrogen-bond acceptors (Lipinski definition) is 11. The maximum Gasteiger partial charge on any atom is 0.324 e. The topological polar surface area (TPSA) is 166 Å². The first-order valence-electron chi connectivity index (χ1n) is 13.3. The normalized spacial score (nSPS) is 15.7. The summed E-state index contributed by atoms with van der Waals surface area (Å²) >= 11 is 0. The Morgan fingerprint density at radius 1 is 0.976 bits per heavy atom. The van der Waals surface area contributed by atoms with Crippen molar-refractivity contribution in [3.05, 3.63) is 78.7 Å². The van der Waals surface area contributed by atoms with E-state index in [1.807, 2.05) is 49.5 Å². The Hall–Kier alpha value is -5.53. The number of nitrogens with one attached hydrogen (secondary N) is 1. The van der Waals surface area contributed by atoms with E-state index in [-0.39, 0.29) is 5.41 Å². The number of hydrogen-bond donors (Lipinski definition) is 4. The number of aliphatic hydroxyl groups is 3. The number of benzene rings is 1. The van der Waals surface area contributed by atoms with Crippen LogP contribution in [-0.4, -0.2) is 81.5 Å². The molecule has 7 rings (SSSR count). The molecule has 5 aromatic rings. The highest BCUT2D eigenvalue weighted by Crippen LogP contribution is 2.44. The minimum Gasteiger partial charge on any atom is -0.498 e. The maximum atomic E-state index is 12.3. The van der Waals surface area contributed by atoms with Crippen LogP contribution in [0.3, 0.4) is 0 Å². The third kappa shape index (κ3) is 4.33. The smallest absolute Gasteiger partial charge is 0.324 e. The van der Waals surface area contributed by atoms with E-state index < -0.39 is 17.6 Å². The van der Waals surface area contributed by atoms with Gasteiger partial charge in [-0.25, -0.2) is 19.0 Å². The van der Waals surface area contributed by atoms with Gasteiger partial charge in [-0.1, -0.05) is 0 Å². The molecule has 214 valence electrons. The number of likely N-dealkylation sites (tertiary alicyclic amines) is 1. The Kier molecular flexibility index (Phi) is 5.78. The highest BCUT2D eigenvalue weighted by molar-refractivity contribution is 5.91. The van der Waals surface area contributed by atoms with Gasteiger partial charge in [0.25, 0.3) is 11.7 Å². The van der Waals surface area contributed by atoms with Crippen molar-refractivity contribution in [1.29, 1.82) is 0 Å². The van der Waals surface area contributed by atoms with Crippen LogP contribution in [0.5, 0.6) is 11.5 Å². The van der Waals surface area contributed by atoms with E-state index >= 15 is 0 Å². The molecule has 2 saturated heterocycles. The summed E-state index contributed by atoms with van der Waals surface area (Å²) in [6.45, 7) is 4.23. The largest absolute Gasteiger partial charge is 0.498 e. The number of rotatable bonds is 6. The molecule has 0 saturated carbocycles. The summed E-state index contributed by atoms with van der Waals surface area (Å²) in [6, 6.07) is 11.5. The average Bonchev–Trinajstić information content (AvgIpc) is 3.71. The van der Waals surface area contributed by atoms with Crippen LogP contribution < -0.4 is 15.0 Å². The number of aliphatic hydroxyl groups excluding tert-OH is 2. The summed E-state index contributed by atoms with van der Waals surface area (Å²) in [5.74, 6) is -1.14. The summed E-state index contributed by atoms with van der Waals surface area (Å²) < 4.78 is 9.55. The Morgan fingerprint density at radius 3 is 2.57 bits per heavy atom. The minimum absolute atomic E-state index is 0.135. The van der Waals surface area contributed by atoms with Crippen LogP contribution in [0.2, 0.25) is 0 Å². The van der Waals surface area contributed by atoms with Crippen molar-refractivity contribution in [1.82, 2.24) is 34.1 Å². The van der Waals surface area contributed by atoms with Crippen molar-refractivity contribution in [2.24, 2.45) is 5.41 Å². The number of carbonyl (C=O) groups is 1. The van der Waals surface area contributed by atoms with Crippen molar-refractivity contribution in [3.63, 3.8) is 0 Å². The fourth-order valence-corrected chi connectivity index (χ4v) is 5.80. The zero-order valence-corrected chi connectivity index (χ0v) is 22.5. The molecule has 1 spiro atoms. The van der Waals surface area contributed by atoms with Crippen molar-refractivity contribution in [2.45, 2.75) is 13.3 Å². The molecular weight excluding hydrogens is 542 g/mol. The van der Waals surface area contributed by atoms with E-state index in [1.165, 1.54) is 17.6 Å². The van der Waals surface area contributed by atoms with E-state index in [9.17, 15) is 9.90 Å². The van der Waals surface area contributed by atoms with Gasteiger partial charge in [-0.3, -0.25) is 4.79 Å². The maximum absolute atomic E-state index is 12.3. The first-order valence-corrected chi connectivity index (χ1v) is 13.3. The molecule has 1 aromatic carbocycles. The minimum atomic E-state index is -1.36. The van der Waals surface area contributed by atoms with Gasteiger partial charge < -0.3 is 35.2 Å². The zero-order chi connectivity index (χ0) is 29.0. The number of aromatic nitrogens is 6. The Balaban J connectivity index is 1.07. The lowest BCUT2D eigenvalue weighted by Gasteiger charge is -2.49. The quantitative estimate of drug-likeness (QED) is 0.175. The summed E-state index contributed by atoms with van der Waals surface area (Å²) in [4.78, 5) is 24.7. The second kappa shape index (κ2) is 9.54. The van der Waals surface area contributed by atoms with Crippen LogP contribution in [0.25, 0.3) is 11.2 Å². The number of carbonyl (C=O) groups excluding carboxylic acids is 1. The molecule has 0 bridgehead atoms. The van der Waals surface area contributed by atoms with Crippen molar-refractivity contribution in [2.75, 3.05) is 36.4 Å². The molecule has 0 radical (unpaired) electrons. The molecule has 2 aliphatic rings. The Labute approximate surface area is 238 Å². The number of aryl methyl sites for hydroxylation is 1. The highest BCUT2D eigenvalue weighted by atomic mass is 16.5. The van der Waals surface area contributed by atoms with E-state index in [1.54, 1.807) is 15.2 Å². The van der Waals surface area contributed by atoms with Gasteiger partial charge in [0.05, 0.1) is 5.69 Å². The van der Waals surface area contributed by atoms with Gasteiger partial charge in [0.15, 0.2) is 11.5 Å². The van der Waals surface area contributed by atoms with Crippen LogP contribution >= 0.6 is 0 Å². The number of nitrogens with zero attached hydrogens (tertiary/aromatic N) is 8. The van der Waals surface area contributed by atoms with Gasteiger partial charge in [-0.05, 0) is 49.2 Å². The fourth-order valence-electron chi connectivity index (χ4n) is 5.80. The van der Waals surface area contributed by atoms with E-state index in [0.717, 1.165) is 28.9 Å². The van der Waals surface area contributed by atoms with Crippen LogP contribution in [0.15, 0.2) is 73.2 Å². The molecule has 6 heterocycles. The average molecular weight is 570 g/mol. The van der Waals surface area contributed by atoms with E-state index in [2.05, 4.69) is 30.4 Å². The lowest BCUT2D eigenvalue weighted by atomic mass is 9.79. The van der Waals surface area contributed by atoms with Crippen molar-refractivity contribution in [3.8, 4) is 11.5 Å². The van der Waals surface area contributed by atoms with Gasteiger partial charge in [0, 0.05) is 55.7 Å². The van der Waals surface area contributed by atoms with Crippen LogP contribution in [0, 0.1) is 12.3 Å². The lowest BCUT2D eigenvalue weighted by molar-refractivity contribution is -0.130. The van der Waals surface area contributed by atoms with Gasteiger partial charge in [-0.2, -0.15) is 10.2 Å². The molecule has 42 heavy (non-hydrogen) atoms.